The van der Waals surface area contributed by atoms with Crippen LogP contribution in [-0.2, 0) is 14.6 Å². The molecule has 0 atom stereocenters. The summed E-state index contributed by atoms with van der Waals surface area (Å²) >= 11 is 5.42. The van der Waals surface area contributed by atoms with E-state index in [1.807, 2.05) is 0 Å². The van der Waals surface area contributed by atoms with Gasteiger partial charge < -0.3 is 10.1 Å². The monoisotopic (exact) mass is 313 g/mol. The molecule has 1 rings (SSSR count). The topological polar surface area (TPSA) is 55.4 Å². The highest BCUT2D eigenvalue weighted by molar-refractivity contribution is 7.91. The lowest BCUT2D eigenvalue weighted by Gasteiger charge is -2.08. The van der Waals surface area contributed by atoms with E-state index in [1.165, 1.54) is 12.1 Å². The second-order valence-electron chi connectivity index (χ2n) is 3.56. The first-order valence-electron chi connectivity index (χ1n) is 5.48. The summed E-state index contributed by atoms with van der Waals surface area (Å²) in [5, 5.41) is 2.96. The van der Waals surface area contributed by atoms with Gasteiger partial charge in [0.1, 0.15) is 0 Å². The number of anilines is 1. The van der Waals surface area contributed by atoms with Gasteiger partial charge in [-0.2, -0.15) is 8.78 Å². The van der Waals surface area contributed by atoms with Gasteiger partial charge in [-0.05, 0) is 24.3 Å². The second-order valence-corrected chi connectivity index (χ2v) is 5.85. The average Bonchev–Trinajstić information content (AvgIpc) is 2.39. The SMILES string of the molecule is O=S(=O)(c1ccc(NCCOCCCl)cc1)C(F)F. The molecule has 0 aliphatic rings. The van der Waals surface area contributed by atoms with Crippen LogP contribution in [0.4, 0.5) is 14.5 Å². The summed E-state index contributed by atoms with van der Waals surface area (Å²) in [6.45, 7) is 1.41. The van der Waals surface area contributed by atoms with E-state index >= 15 is 0 Å². The van der Waals surface area contributed by atoms with Gasteiger partial charge in [0, 0.05) is 18.1 Å². The molecule has 8 heteroatoms. The van der Waals surface area contributed by atoms with Crippen molar-refractivity contribution in [1.29, 1.82) is 0 Å². The zero-order chi connectivity index (χ0) is 14.3. The molecule has 1 aromatic carbocycles. The Morgan fingerprint density at radius 1 is 1.21 bits per heavy atom. The normalized spacial score (nSPS) is 11.8. The zero-order valence-electron chi connectivity index (χ0n) is 9.98. The van der Waals surface area contributed by atoms with E-state index in [0.717, 1.165) is 12.1 Å². The molecule has 0 unspecified atom stereocenters. The van der Waals surface area contributed by atoms with Crippen molar-refractivity contribution in [3.63, 3.8) is 0 Å². The Morgan fingerprint density at radius 3 is 2.37 bits per heavy atom. The number of sulfone groups is 1. The molecular formula is C11H14ClF2NO3S. The molecule has 0 aliphatic carbocycles. The molecule has 4 nitrogen and oxygen atoms in total. The number of halogens is 3. The number of rotatable bonds is 8. The van der Waals surface area contributed by atoms with E-state index in [4.69, 9.17) is 16.3 Å². The van der Waals surface area contributed by atoms with Gasteiger partial charge in [0.05, 0.1) is 18.1 Å². The molecular weight excluding hydrogens is 300 g/mol. The molecule has 0 radical (unpaired) electrons. The third kappa shape index (κ3) is 4.93. The van der Waals surface area contributed by atoms with E-state index in [9.17, 15) is 17.2 Å². The second kappa shape index (κ2) is 7.62. The Kier molecular flexibility index (Phi) is 6.47. The highest BCUT2D eigenvalue weighted by atomic mass is 35.5. The van der Waals surface area contributed by atoms with Gasteiger partial charge in [-0.1, -0.05) is 0 Å². The van der Waals surface area contributed by atoms with Crippen LogP contribution in [0.1, 0.15) is 0 Å². The van der Waals surface area contributed by atoms with E-state index in [2.05, 4.69) is 5.32 Å². The van der Waals surface area contributed by atoms with E-state index in [1.54, 1.807) is 0 Å². The number of hydrogen-bond acceptors (Lipinski definition) is 4. The van der Waals surface area contributed by atoms with E-state index in [0.29, 0.717) is 31.3 Å². The van der Waals surface area contributed by atoms with Crippen molar-refractivity contribution in [3.05, 3.63) is 24.3 Å². The molecule has 1 aromatic rings. The molecule has 0 saturated heterocycles. The molecule has 0 amide bonds. The van der Waals surface area contributed by atoms with Crippen molar-refractivity contribution >= 4 is 27.1 Å². The van der Waals surface area contributed by atoms with Crippen molar-refractivity contribution in [1.82, 2.24) is 0 Å². The molecule has 0 aromatic heterocycles. The molecule has 0 fully saturated rings. The quantitative estimate of drug-likeness (QED) is 0.591. The minimum absolute atomic E-state index is 0.397. The first kappa shape index (κ1) is 16.1. The van der Waals surface area contributed by atoms with Gasteiger partial charge in [-0.15, -0.1) is 11.6 Å². The van der Waals surface area contributed by atoms with Crippen LogP contribution in [0.15, 0.2) is 29.2 Å². The van der Waals surface area contributed by atoms with Crippen LogP contribution >= 0.6 is 11.6 Å². The number of benzene rings is 1. The lowest BCUT2D eigenvalue weighted by molar-refractivity contribution is 0.160. The highest BCUT2D eigenvalue weighted by Gasteiger charge is 2.26. The zero-order valence-corrected chi connectivity index (χ0v) is 11.6. The maximum Gasteiger partial charge on any atom is 0.341 e. The van der Waals surface area contributed by atoms with Gasteiger partial charge in [-0.3, -0.25) is 0 Å². The van der Waals surface area contributed by atoms with Crippen molar-refractivity contribution in [2.45, 2.75) is 10.7 Å². The lowest BCUT2D eigenvalue weighted by atomic mass is 10.3. The first-order chi connectivity index (χ1) is 8.98. The van der Waals surface area contributed by atoms with Crippen molar-refractivity contribution in [2.24, 2.45) is 0 Å². The third-order valence-electron chi connectivity index (χ3n) is 2.21. The highest BCUT2D eigenvalue weighted by Crippen LogP contribution is 2.20. The van der Waals surface area contributed by atoms with Crippen LogP contribution in [-0.4, -0.2) is 39.8 Å². The minimum atomic E-state index is -4.53. The fourth-order valence-electron chi connectivity index (χ4n) is 1.29. The summed E-state index contributed by atoms with van der Waals surface area (Å²) < 4.78 is 52.0. The fourth-order valence-corrected chi connectivity index (χ4v) is 2.12. The predicted molar refractivity (Wildman–Crippen MR) is 69.7 cm³/mol. The van der Waals surface area contributed by atoms with Crippen molar-refractivity contribution in [3.8, 4) is 0 Å². The van der Waals surface area contributed by atoms with Gasteiger partial charge >= 0.3 is 5.76 Å². The van der Waals surface area contributed by atoms with Gasteiger partial charge in [0.2, 0.25) is 9.84 Å². The van der Waals surface area contributed by atoms with E-state index in [-0.39, 0.29) is 0 Å². The van der Waals surface area contributed by atoms with Gasteiger partial charge in [0.15, 0.2) is 0 Å². The Balaban J connectivity index is 2.53. The molecule has 0 spiro atoms. The van der Waals surface area contributed by atoms with Crippen LogP contribution in [0.3, 0.4) is 0 Å². The Morgan fingerprint density at radius 2 is 1.84 bits per heavy atom. The number of nitrogens with one attached hydrogen (secondary N) is 1. The van der Waals surface area contributed by atoms with Crippen LogP contribution < -0.4 is 5.32 Å². The van der Waals surface area contributed by atoms with Gasteiger partial charge in [0.25, 0.3) is 0 Å². The molecule has 0 aliphatic heterocycles. The number of alkyl halides is 3. The minimum Gasteiger partial charge on any atom is -0.383 e. The largest absolute Gasteiger partial charge is 0.383 e. The molecule has 0 heterocycles. The lowest BCUT2D eigenvalue weighted by Crippen LogP contribution is -2.12. The Labute approximate surface area is 115 Å². The summed E-state index contributed by atoms with van der Waals surface area (Å²) in [6, 6.07) is 5.14. The third-order valence-corrected chi connectivity index (χ3v) is 3.77. The Hall–Kier alpha value is -0.920. The smallest absolute Gasteiger partial charge is 0.341 e. The molecule has 0 saturated carbocycles. The average molecular weight is 314 g/mol. The van der Waals surface area contributed by atoms with E-state index < -0.39 is 20.5 Å². The summed E-state index contributed by atoms with van der Waals surface area (Å²) in [6.07, 6.45) is 0. The molecule has 108 valence electrons. The Bertz CT molecular complexity index is 479. The number of hydrogen-bond donors (Lipinski definition) is 1. The maximum absolute atomic E-state index is 12.3. The van der Waals surface area contributed by atoms with Crippen LogP contribution in [0.5, 0.6) is 0 Å². The molecule has 1 N–H and O–H groups in total. The summed E-state index contributed by atoms with van der Waals surface area (Å²) in [5.41, 5.74) is 0.627. The van der Waals surface area contributed by atoms with Gasteiger partial charge in [-0.25, -0.2) is 8.42 Å². The number of ether oxygens (including phenoxy) is 1. The van der Waals surface area contributed by atoms with Crippen molar-refractivity contribution < 1.29 is 21.9 Å². The summed E-state index contributed by atoms with van der Waals surface area (Å²) in [4.78, 5) is -0.397. The predicted octanol–water partition coefficient (Wildman–Crippen LogP) is 2.35. The molecule has 19 heavy (non-hydrogen) atoms. The van der Waals surface area contributed by atoms with Crippen LogP contribution in [0.2, 0.25) is 0 Å². The van der Waals surface area contributed by atoms with Crippen molar-refractivity contribution in [2.75, 3.05) is 31.0 Å². The summed E-state index contributed by atoms with van der Waals surface area (Å²) in [7, 11) is -4.53. The fraction of sp³-hybridized carbons (Fsp3) is 0.455. The standard InChI is InChI=1S/C11H14ClF2NO3S/c12-5-7-18-8-6-15-9-1-3-10(4-2-9)19(16,17)11(13)14/h1-4,11,15H,5-8H2. The first-order valence-corrected chi connectivity index (χ1v) is 7.56. The maximum atomic E-state index is 12.3. The van der Waals surface area contributed by atoms with Crippen LogP contribution in [0, 0.1) is 0 Å². The molecule has 0 bridgehead atoms. The van der Waals surface area contributed by atoms with Crippen LogP contribution in [0.25, 0.3) is 0 Å². The summed E-state index contributed by atoms with van der Waals surface area (Å²) in [5.74, 6) is -2.99.